The van der Waals surface area contributed by atoms with E-state index in [1.54, 1.807) is 12.3 Å². The molecule has 0 radical (unpaired) electrons. The van der Waals surface area contributed by atoms with Gasteiger partial charge in [0.2, 0.25) is 11.8 Å². The maximum absolute atomic E-state index is 10.7. The highest BCUT2D eigenvalue weighted by molar-refractivity contribution is 5.87. The minimum absolute atomic E-state index is 0.196. The van der Waals surface area contributed by atoms with Crippen molar-refractivity contribution in [3.05, 3.63) is 30.5 Å². The van der Waals surface area contributed by atoms with E-state index in [1.165, 1.54) is 6.92 Å². The molecule has 2 heterocycles. The maximum atomic E-state index is 10.7. The normalized spacial score (nSPS) is 9.93. The number of carbonyl (C=O) groups excluding carboxylic acids is 1. The fourth-order valence-corrected chi connectivity index (χ4v) is 1.14. The highest BCUT2D eigenvalue weighted by Crippen LogP contribution is 2.18. The quantitative estimate of drug-likeness (QED) is 0.806. The third-order valence-corrected chi connectivity index (χ3v) is 1.74. The van der Waals surface area contributed by atoms with Gasteiger partial charge in [0.25, 0.3) is 0 Å². The monoisotopic (exact) mass is 203 g/mol. The van der Waals surface area contributed by atoms with Gasteiger partial charge in [0.05, 0.1) is 5.69 Å². The number of carbonyl (C=O) groups is 1. The number of hydrogen-bond donors (Lipinski definition) is 1. The summed E-state index contributed by atoms with van der Waals surface area (Å²) in [6.07, 6.45) is 1.67. The second-order valence-electron chi connectivity index (χ2n) is 2.97. The van der Waals surface area contributed by atoms with Crippen LogP contribution in [-0.2, 0) is 4.79 Å². The minimum Gasteiger partial charge on any atom is -0.338 e. The average molecular weight is 203 g/mol. The zero-order chi connectivity index (χ0) is 10.7. The third-order valence-electron chi connectivity index (χ3n) is 1.74. The Labute approximate surface area is 86.1 Å². The van der Waals surface area contributed by atoms with Crippen LogP contribution >= 0.6 is 0 Å². The van der Waals surface area contributed by atoms with Crippen molar-refractivity contribution in [1.82, 2.24) is 10.1 Å². The largest absolute Gasteiger partial charge is 0.338 e. The first-order chi connectivity index (χ1) is 7.25. The molecule has 0 aliphatic rings. The molecule has 0 fully saturated rings. The summed E-state index contributed by atoms with van der Waals surface area (Å²) in [5.41, 5.74) is 1.30. The second kappa shape index (κ2) is 3.91. The number of rotatable bonds is 2. The zero-order valence-corrected chi connectivity index (χ0v) is 8.10. The molecule has 1 amide bonds. The number of pyridine rings is 1. The van der Waals surface area contributed by atoms with E-state index in [4.69, 9.17) is 4.52 Å². The van der Waals surface area contributed by atoms with Gasteiger partial charge in [0.1, 0.15) is 5.69 Å². The summed E-state index contributed by atoms with van der Waals surface area (Å²) in [6.45, 7) is 1.41. The van der Waals surface area contributed by atoms with Crippen LogP contribution in [0.3, 0.4) is 0 Å². The molecule has 0 saturated heterocycles. The second-order valence-corrected chi connectivity index (χ2v) is 2.97. The number of hydrogen-bond acceptors (Lipinski definition) is 4. The van der Waals surface area contributed by atoms with Crippen LogP contribution in [0, 0.1) is 0 Å². The fourth-order valence-electron chi connectivity index (χ4n) is 1.14. The molecule has 0 bridgehead atoms. The predicted octanol–water partition coefficient (Wildman–Crippen LogP) is 1.69. The lowest BCUT2D eigenvalue weighted by Gasteiger charge is -1.91. The van der Waals surface area contributed by atoms with Gasteiger partial charge in [-0.1, -0.05) is 11.2 Å². The molecule has 0 spiro atoms. The van der Waals surface area contributed by atoms with Crippen LogP contribution < -0.4 is 5.32 Å². The molecular weight excluding hydrogens is 194 g/mol. The Balaban J connectivity index is 2.24. The Morgan fingerprint density at radius 3 is 2.93 bits per heavy atom. The molecule has 15 heavy (non-hydrogen) atoms. The van der Waals surface area contributed by atoms with Crippen LogP contribution in [0.2, 0.25) is 0 Å². The van der Waals surface area contributed by atoms with Gasteiger partial charge in [-0.3, -0.25) is 15.1 Å². The number of amides is 1. The highest BCUT2D eigenvalue weighted by Gasteiger charge is 2.07. The third kappa shape index (κ3) is 2.19. The number of anilines is 1. The summed E-state index contributed by atoms with van der Waals surface area (Å²) >= 11 is 0. The highest BCUT2D eigenvalue weighted by atomic mass is 16.5. The smallest absolute Gasteiger partial charge is 0.231 e. The summed E-state index contributed by atoms with van der Waals surface area (Å²) in [6, 6.07) is 7.12. The first kappa shape index (κ1) is 9.39. The van der Waals surface area contributed by atoms with Crippen LogP contribution in [0.15, 0.2) is 35.0 Å². The van der Waals surface area contributed by atoms with Gasteiger partial charge in [-0.2, -0.15) is 0 Å². The fraction of sp³-hybridized carbons (Fsp3) is 0.100. The van der Waals surface area contributed by atoms with Gasteiger partial charge in [0, 0.05) is 19.2 Å². The zero-order valence-electron chi connectivity index (χ0n) is 8.10. The van der Waals surface area contributed by atoms with E-state index in [9.17, 15) is 4.79 Å². The van der Waals surface area contributed by atoms with Crippen LogP contribution in [0.4, 0.5) is 5.88 Å². The SMILES string of the molecule is CC(=O)Nc1cc(-c2ccccn2)no1. The molecule has 5 nitrogen and oxygen atoms in total. The summed E-state index contributed by atoms with van der Waals surface area (Å²) in [7, 11) is 0. The predicted molar refractivity (Wildman–Crippen MR) is 54.0 cm³/mol. The lowest BCUT2D eigenvalue weighted by Crippen LogP contribution is -2.04. The van der Waals surface area contributed by atoms with Gasteiger partial charge >= 0.3 is 0 Å². The molecule has 76 valence electrons. The van der Waals surface area contributed by atoms with Crippen LogP contribution in [-0.4, -0.2) is 16.0 Å². The van der Waals surface area contributed by atoms with Gasteiger partial charge in [0.15, 0.2) is 0 Å². The van der Waals surface area contributed by atoms with E-state index in [0.29, 0.717) is 17.3 Å². The van der Waals surface area contributed by atoms with Crippen molar-refractivity contribution in [3.8, 4) is 11.4 Å². The molecular formula is C10H9N3O2. The number of nitrogens with one attached hydrogen (secondary N) is 1. The molecule has 1 N–H and O–H groups in total. The van der Waals surface area contributed by atoms with Crippen molar-refractivity contribution in [3.63, 3.8) is 0 Å². The van der Waals surface area contributed by atoms with E-state index in [1.807, 2.05) is 18.2 Å². The molecule has 0 aliphatic carbocycles. The standard InChI is InChI=1S/C10H9N3O2/c1-7(14)12-10-6-9(13-15-10)8-4-2-3-5-11-8/h2-6H,1H3,(H,12,14). The Morgan fingerprint density at radius 1 is 1.40 bits per heavy atom. The lowest BCUT2D eigenvalue weighted by molar-refractivity contribution is -0.114. The van der Waals surface area contributed by atoms with Gasteiger partial charge in [-0.25, -0.2) is 0 Å². The Bertz CT molecular complexity index is 465. The van der Waals surface area contributed by atoms with Crippen molar-refractivity contribution in [2.24, 2.45) is 0 Å². The van der Waals surface area contributed by atoms with E-state index in [-0.39, 0.29) is 5.91 Å². The first-order valence-electron chi connectivity index (χ1n) is 4.41. The summed E-state index contributed by atoms with van der Waals surface area (Å²) in [5, 5.41) is 6.29. The summed E-state index contributed by atoms with van der Waals surface area (Å²) in [4.78, 5) is 14.9. The summed E-state index contributed by atoms with van der Waals surface area (Å²) < 4.78 is 4.91. The van der Waals surface area contributed by atoms with Crippen LogP contribution in [0.5, 0.6) is 0 Å². The maximum Gasteiger partial charge on any atom is 0.231 e. The van der Waals surface area contributed by atoms with Gasteiger partial charge < -0.3 is 4.52 Å². The van der Waals surface area contributed by atoms with Crippen LogP contribution in [0.1, 0.15) is 6.92 Å². The van der Waals surface area contributed by atoms with Crippen molar-refractivity contribution < 1.29 is 9.32 Å². The molecule has 0 unspecified atom stereocenters. The minimum atomic E-state index is -0.196. The first-order valence-corrected chi connectivity index (χ1v) is 4.41. The van der Waals surface area contributed by atoms with Crippen LogP contribution in [0.25, 0.3) is 11.4 Å². The van der Waals surface area contributed by atoms with Crippen molar-refractivity contribution in [2.45, 2.75) is 6.92 Å². The molecule has 2 aromatic heterocycles. The molecule has 0 saturated carbocycles. The van der Waals surface area contributed by atoms with E-state index < -0.39 is 0 Å². The Hall–Kier alpha value is -2.17. The number of nitrogens with zero attached hydrogens (tertiary/aromatic N) is 2. The molecule has 5 heteroatoms. The molecule has 0 atom stereocenters. The Kier molecular flexibility index (Phi) is 2.45. The van der Waals surface area contributed by atoms with Crippen molar-refractivity contribution >= 4 is 11.8 Å². The average Bonchev–Trinajstić information content (AvgIpc) is 2.67. The lowest BCUT2D eigenvalue weighted by atomic mass is 10.3. The van der Waals surface area contributed by atoms with E-state index >= 15 is 0 Å². The van der Waals surface area contributed by atoms with Crippen molar-refractivity contribution in [1.29, 1.82) is 0 Å². The Morgan fingerprint density at radius 2 is 2.27 bits per heavy atom. The van der Waals surface area contributed by atoms with Crippen molar-refractivity contribution in [2.75, 3.05) is 5.32 Å². The number of aromatic nitrogens is 2. The van der Waals surface area contributed by atoms with E-state index in [2.05, 4.69) is 15.5 Å². The summed E-state index contributed by atoms with van der Waals surface area (Å²) in [5.74, 6) is 0.127. The molecule has 0 aliphatic heterocycles. The van der Waals surface area contributed by atoms with Gasteiger partial charge in [-0.15, -0.1) is 0 Å². The molecule has 0 aromatic carbocycles. The topological polar surface area (TPSA) is 68.0 Å². The molecule has 2 aromatic rings. The van der Waals surface area contributed by atoms with E-state index in [0.717, 1.165) is 0 Å². The molecule has 2 rings (SSSR count). The van der Waals surface area contributed by atoms with Gasteiger partial charge in [-0.05, 0) is 12.1 Å².